The van der Waals surface area contributed by atoms with Gasteiger partial charge in [-0.1, -0.05) is 30.3 Å². The standard InChI is InChI=1S/C25H29N3O3/c1-31-19-9-10-22-20(16-19)21-17-28(15-13-23(21)27-22)25(30)12-11-24(29)26-14-5-8-18-6-3-2-4-7-18/h2-4,6-7,9-10,16,27H,5,8,11-15,17H2,1H3,(H,26,29). The molecule has 2 aromatic carbocycles. The van der Waals surface area contributed by atoms with Gasteiger partial charge in [0, 0.05) is 61.1 Å². The molecule has 3 aromatic rings. The predicted molar refractivity (Wildman–Crippen MR) is 121 cm³/mol. The number of fused-ring (bicyclic) bond motifs is 3. The van der Waals surface area contributed by atoms with Crippen LogP contribution in [0.1, 0.15) is 36.1 Å². The lowest BCUT2D eigenvalue weighted by Crippen LogP contribution is -2.36. The van der Waals surface area contributed by atoms with Crippen molar-refractivity contribution in [3.63, 3.8) is 0 Å². The van der Waals surface area contributed by atoms with Crippen LogP contribution in [-0.4, -0.2) is 41.9 Å². The summed E-state index contributed by atoms with van der Waals surface area (Å²) < 4.78 is 5.35. The molecule has 6 heteroatoms. The Balaban J connectivity index is 1.24. The summed E-state index contributed by atoms with van der Waals surface area (Å²) in [6, 6.07) is 16.2. The van der Waals surface area contributed by atoms with Crippen molar-refractivity contribution < 1.29 is 14.3 Å². The highest BCUT2D eigenvalue weighted by atomic mass is 16.5. The maximum atomic E-state index is 12.7. The molecular weight excluding hydrogens is 390 g/mol. The topological polar surface area (TPSA) is 74.4 Å². The van der Waals surface area contributed by atoms with E-state index in [9.17, 15) is 9.59 Å². The first-order valence-corrected chi connectivity index (χ1v) is 10.9. The normalized spacial score (nSPS) is 13.1. The maximum Gasteiger partial charge on any atom is 0.223 e. The van der Waals surface area contributed by atoms with Crippen LogP contribution in [0.3, 0.4) is 0 Å². The van der Waals surface area contributed by atoms with Crippen LogP contribution in [0, 0.1) is 0 Å². The minimum absolute atomic E-state index is 0.0299. The van der Waals surface area contributed by atoms with Crippen molar-refractivity contribution in [2.75, 3.05) is 20.2 Å². The number of hydrogen-bond acceptors (Lipinski definition) is 3. The van der Waals surface area contributed by atoms with Crippen LogP contribution in [-0.2, 0) is 29.0 Å². The molecule has 1 aliphatic heterocycles. The van der Waals surface area contributed by atoms with Crippen molar-refractivity contribution in [1.82, 2.24) is 15.2 Å². The van der Waals surface area contributed by atoms with E-state index < -0.39 is 0 Å². The summed E-state index contributed by atoms with van der Waals surface area (Å²) in [4.78, 5) is 30.2. The summed E-state index contributed by atoms with van der Waals surface area (Å²) in [7, 11) is 1.66. The molecule has 31 heavy (non-hydrogen) atoms. The van der Waals surface area contributed by atoms with Crippen LogP contribution in [0.4, 0.5) is 0 Å². The first-order valence-electron chi connectivity index (χ1n) is 10.9. The monoisotopic (exact) mass is 419 g/mol. The summed E-state index contributed by atoms with van der Waals surface area (Å²) in [5.41, 5.74) is 4.67. The molecule has 0 spiro atoms. The third-order valence-corrected chi connectivity index (χ3v) is 5.91. The summed E-state index contributed by atoms with van der Waals surface area (Å²) in [6.07, 6.45) is 3.10. The van der Waals surface area contributed by atoms with E-state index in [0.29, 0.717) is 19.6 Å². The molecular formula is C25H29N3O3. The van der Waals surface area contributed by atoms with E-state index >= 15 is 0 Å². The minimum atomic E-state index is -0.0593. The fourth-order valence-electron chi connectivity index (χ4n) is 4.17. The second-order valence-electron chi connectivity index (χ2n) is 8.00. The van der Waals surface area contributed by atoms with Crippen LogP contribution in [0.25, 0.3) is 10.9 Å². The molecule has 6 nitrogen and oxygen atoms in total. The van der Waals surface area contributed by atoms with Crippen molar-refractivity contribution in [3.05, 3.63) is 65.4 Å². The van der Waals surface area contributed by atoms with Gasteiger partial charge in [-0.05, 0) is 36.6 Å². The number of aromatic amines is 1. The van der Waals surface area contributed by atoms with Gasteiger partial charge in [0.25, 0.3) is 0 Å². The third kappa shape index (κ3) is 5.08. The van der Waals surface area contributed by atoms with Gasteiger partial charge in [0.05, 0.1) is 7.11 Å². The smallest absolute Gasteiger partial charge is 0.223 e. The van der Waals surface area contributed by atoms with Gasteiger partial charge < -0.3 is 19.9 Å². The second-order valence-corrected chi connectivity index (χ2v) is 8.00. The number of H-pyrrole nitrogens is 1. The van der Waals surface area contributed by atoms with Crippen LogP contribution < -0.4 is 10.1 Å². The number of methoxy groups -OCH3 is 1. The number of nitrogens with one attached hydrogen (secondary N) is 2. The molecule has 0 saturated carbocycles. The molecule has 2 amide bonds. The largest absolute Gasteiger partial charge is 0.497 e. The fourth-order valence-corrected chi connectivity index (χ4v) is 4.17. The number of carbonyl (C=O) groups is 2. The minimum Gasteiger partial charge on any atom is -0.497 e. The highest BCUT2D eigenvalue weighted by molar-refractivity contribution is 5.88. The van der Waals surface area contributed by atoms with E-state index in [1.54, 1.807) is 7.11 Å². The maximum absolute atomic E-state index is 12.7. The van der Waals surface area contributed by atoms with E-state index in [4.69, 9.17) is 4.74 Å². The number of hydrogen-bond donors (Lipinski definition) is 2. The van der Waals surface area contributed by atoms with Gasteiger partial charge in [-0.3, -0.25) is 9.59 Å². The van der Waals surface area contributed by atoms with E-state index in [1.807, 2.05) is 41.3 Å². The Hall–Kier alpha value is -3.28. The molecule has 162 valence electrons. The average molecular weight is 420 g/mol. The Morgan fingerprint density at radius 3 is 2.77 bits per heavy atom. The zero-order valence-electron chi connectivity index (χ0n) is 17.9. The summed E-state index contributed by atoms with van der Waals surface area (Å²) in [5.74, 6) is 0.778. The third-order valence-electron chi connectivity index (χ3n) is 5.91. The van der Waals surface area contributed by atoms with E-state index in [0.717, 1.165) is 41.5 Å². The predicted octanol–water partition coefficient (Wildman–Crippen LogP) is 3.59. The van der Waals surface area contributed by atoms with Gasteiger partial charge in [-0.2, -0.15) is 0 Å². The van der Waals surface area contributed by atoms with Crippen LogP contribution in [0.5, 0.6) is 5.75 Å². The Morgan fingerprint density at radius 2 is 1.97 bits per heavy atom. The molecule has 2 N–H and O–H groups in total. The van der Waals surface area contributed by atoms with Crippen molar-refractivity contribution in [2.45, 2.75) is 38.6 Å². The first-order chi connectivity index (χ1) is 15.1. The van der Waals surface area contributed by atoms with Gasteiger partial charge >= 0.3 is 0 Å². The molecule has 2 heterocycles. The number of amides is 2. The second kappa shape index (κ2) is 9.69. The van der Waals surface area contributed by atoms with Gasteiger partial charge in [-0.15, -0.1) is 0 Å². The number of aromatic nitrogens is 1. The molecule has 1 aliphatic rings. The van der Waals surface area contributed by atoms with Gasteiger partial charge in [0.1, 0.15) is 5.75 Å². The first kappa shape index (κ1) is 21.0. The Bertz CT molecular complexity index is 1060. The van der Waals surface area contributed by atoms with Crippen molar-refractivity contribution in [2.24, 2.45) is 0 Å². The number of rotatable bonds is 8. The van der Waals surface area contributed by atoms with Crippen molar-refractivity contribution in [3.8, 4) is 5.75 Å². The number of carbonyl (C=O) groups excluding carboxylic acids is 2. The van der Waals surface area contributed by atoms with Crippen LogP contribution in [0.15, 0.2) is 48.5 Å². The number of nitrogens with zero attached hydrogens (tertiary/aromatic N) is 1. The lowest BCUT2D eigenvalue weighted by molar-refractivity contribution is -0.134. The Kier molecular flexibility index (Phi) is 6.55. The lowest BCUT2D eigenvalue weighted by Gasteiger charge is -2.27. The fraction of sp³-hybridized carbons (Fsp3) is 0.360. The average Bonchev–Trinajstić information content (AvgIpc) is 3.18. The number of benzene rings is 2. The highest BCUT2D eigenvalue weighted by Gasteiger charge is 2.24. The summed E-state index contributed by atoms with van der Waals surface area (Å²) in [5, 5.41) is 4.03. The molecule has 0 saturated heterocycles. The molecule has 0 fully saturated rings. The molecule has 1 aromatic heterocycles. The Labute approximate surface area is 182 Å². The number of ether oxygens (including phenoxy) is 1. The van der Waals surface area contributed by atoms with Gasteiger partial charge in [0.15, 0.2) is 0 Å². The van der Waals surface area contributed by atoms with Crippen molar-refractivity contribution >= 4 is 22.7 Å². The Morgan fingerprint density at radius 1 is 1.13 bits per heavy atom. The summed E-state index contributed by atoms with van der Waals surface area (Å²) in [6.45, 7) is 1.88. The molecule has 0 bridgehead atoms. The van der Waals surface area contributed by atoms with Gasteiger partial charge in [-0.25, -0.2) is 0 Å². The van der Waals surface area contributed by atoms with Crippen LogP contribution in [0.2, 0.25) is 0 Å². The zero-order chi connectivity index (χ0) is 21.6. The summed E-state index contributed by atoms with van der Waals surface area (Å²) >= 11 is 0. The SMILES string of the molecule is COc1ccc2[nH]c3c(c2c1)CN(C(=O)CCC(=O)NCCCc1ccccc1)CC3. The van der Waals surface area contributed by atoms with Crippen molar-refractivity contribution in [1.29, 1.82) is 0 Å². The number of aryl methyl sites for hydroxylation is 1. The molecule has 0 radical (unpaired) electrons. The molecule has 4 rings (SSSR count). The highest BCUT2D eigenvalue weighted by Crippen LogP contribution is 2.30. The molecule has 0 unspecified atom stereocenters. The van der Waals surface area contributed by atoms with Gasteiger partial charge in [0.2, 0.25) is 11.8 Å². The molecule has 0 aliphatic carbocycles. The van der Waals surface area contributed by atoms with E-state index in [2.05, 4.69) is 22.4 Å². The van der Waals surface area contributed by atoms with E-state index in [1.165, 1.54) is 11.3 Å². The molecule has 0 atom stereocenters. The lowest BCUT2D eigenvalue weighted by atomic mass is 10.0. The zero-order valence-corrected chi connectivity index (χ0v) is 17.9. The van der Waals surface area contributed by atoms with E-state index in [-0.39, 0.29) is 24.7 Å². The quantitative estimate of drug-likeness (QED) is 0.548. The van der Waals surface area contributed by atoms with Crippen LogP contribution >= 0.6 is 0 Å².